The first-order valence-corrected chi connectivity index (χ1v) is 7.95. The lowest BCUT2D eigenvalue weighted by Gasteiger charge is -2.07. The largest absolute Gasteiger partial charge is 0.454 e. The predicted molar refractivity (Wildman–Crippen MR) is 94.0 cm³/mol. The van der Waals surface area contributed by atoms with Crippen molar-refractivity contribution in [2.75, 3.05) is 17.7 Å². The van der Waals surface area contributed by atoms with E-state index < -0.39 is 12.6 Å². The first kappa shape index (κ1) is 17.0. The van der Waals surface area contributed by atoms with Crippen molar-refractivity contribution in [3.05, 3.63) is 58.1 Å². The van der Waals surface area contributed by atoms with Crippen LogP contribution in [0.2, 0.25) is 5.02 Å². The first-order valence-electron chi connectivity index (χ1n) is 7.57. The minimum absolute atomic E-state index is 0.105. The van der Waals surface area contributed by atoms with Crippen LogP contribution in [0.15, 0.2) is 36.4 Å². The lowest BCUT2D eigenvalue weighted by molar-refractivity contribution is -0.116. The number of benzene rings is 2. The quantitative estimate of drug-likeness (QED) is 0.497. The Morgan fingerprint density at radius 2 is 1.92 bits per heavy atom. The Kier molecular flexibility index (Phi) is 4.46. The van der Waals surface area contributed by atoms with Crippen molar-refractivity contribution in [2.24, 2.45) is 0 Å². The van der Waals surface area contributed by atoms with E-state index in [1.165, 1.54) is 18.2 Å². The molecular formula is C18H15ClN2O4. The Balaban J connectivity index is 1.68. The van der Waals surface area contributed by atoms with Crippen molar-refractivity contribution in [3.8, 4) is 0 Å². The van der Waals surface area contributed by atoms with Gasteiger partial charge < -0.3 is 15.8 Å². The van der Waals surface area contributed by atoms with Crippen LogP contribution in [0.25, 0.3) is 0 Å². The van der Waals surface area contributed by atoms with Crippen LogP contribution in [0.5, 0.6) is 0 Å². The van der Waals surface area contributed by atoms with Gasteiger partial charge in [0.15, 0.2) is 12.4 Å². The number of anilines is 2. The molecule has 6 nitrogen and oxygen atoms in total. The normalized spacial score (nSPS) is 15.4. The summed E-state index contributed by atoms with van der Waals surface area (Å²) in [6.07, 6.45) is 0. The van der Waals surface area contributed by atoms with Crippen LogP contribution >= 0.6 is 11.6 Å². The Labute approximate surface area is 148 Å². The van der Waals surface area contributed by atoms with Gasteiger partial charge in [-0.2, -0.15) is 0 Å². The van der Waals surface area contributed by atoms with Crippen molar-refractivity contribution in [1.82, 2.24) is 0 Å². The van der Waals surface area contributed by atoms with E-state index in [-0.39, 0.29) is 28.9 Å². The number of halogens is 1. The fraction of sp³-hybridized carbons (Fsp3) is 0.167. The van der Waals surface area contributed by atoms with E-state index in [0.717, 1.165) is 5.56 Å². The monoisotopic (exact) mass is 358 g/mol. The molecule has 2 aromatic rings. The molecule has 1 aliphatic rings. The molecule has 0 saturated carbocycles. The summed E-state index contributed by atoms with van der Waals surface area (Å²) in [4.78, 5) is 35.9. The highest BCUT2D eigenvalue weighted by Gasteiger charge is 2.27. The van der Waals surface area contributed by atoms with Gasteiger partial charge in [0, 0.05) is 11.3 Å². The molecule has 2 aromatic carbocycles. The Bertz CT molecular complexity index is 895. The van der Waals surface area contributed by atoms with Crippen LogP contribution in [-0.2, 0) is 9.53 Å². The van der Waals surface area contributed by atoms with Gasteiger partial charge in [-0.15, -0.1) is 0 Å². The van der Waals surface area contributed by atoms with Crippen LogP contribution in [0, 0.1) is 0 Å². The molecule has 25 heavy (non-hydrogen) atoms. The number of carbonyl (C=O) groups is 3. The van der Waals surface area contributed by atoms with Crippen LogP contribution in [0.3, 0.4) is 0 Å². The van der Waals surface area contributed by atoms with E-state index in [0.29, 0.717) is 16.3 Å². The van der Waals surface area contributed by atoms with Crippen LogP contribution < -0.4 is 11.1 Å². The van der Waals surface area contributed by atoms with Gasteiger partial charge in [-0.05, 0) is 48.9 Å². The Morgan fingerprint density at radius 3 is 2.64 bits per heavy atom. The van der Waals surface area contributed by atoms with E-state index in [1.54, 1.807) is 25.1 Å². The fourth-order valence-electron chi connectivity index (χ4n) is 2.56. The lowest BCUT2D eigenvalue weighted by Crippen LogP contribution is -2.14. The number of esters is 1. The van der Waals surface area contributed by atoms with Gasteiger partial charge in [-0.1, -0.05) is 11.6 Å². The van der Waals surface area contributed by atoms with E-state index in [9.17, 15) is 14.4 Å². The third-order valence-corrected chi connectivity index (χ3v) is 4.40. The summed E-state index contributed by atoms with van der Waals surface area (Å²) in [6, 6.07) is 9.26. The number of rotatable bonds is 4. The summed E-state index contributed by atoms with van der Waals surface area (Å²) < 4.78 is 5.04. The number of carbonyl (C=O) groups excluding carboxylic acids is 3. The zero-order valence-corrected chi connectivity index (χ0v) is 14.1. The number of amides is 1. The van der Waals surface area contributed by atoms with Crippen molar-refractivity contribution >= 4 is 40.6 Å². The molecule has 1 atom stereocenters. The third-order valence-electron chi connectivity index (χ3n) is 4.06. The Morgan fingerprint density at radius 1 is 1.20 bits per heavy atom. The number of fused-ring (bicyclic) bond motifs is 1. The number of nitrogens with one attached hydrogen (secondary N) is 1. The zero-order chi connectivity index (χ0) is 18.1. The van der Waals surface area contributed by atoms with Crippen molar-refractivity contribution < 1.29 is 19.1 Å². The molecule has 0 aliphatic carbocycles. The molecule has 3 N–H and O–H groups in total. The maximum absolute atomic E-state index is 12.3. The summed E-state index contributed by atoms with van der Waals surface area (Å²) in [5.74, 6) is -1.44. The van der Waals surface area contributed by atoms with Gasteiger partial charge in [-0.3, -0.25) is 9.59 Å². The molecule has 0 bridgehead atoms. The summed E-state index contributed by atoms with van der Waals surface area (Å²) in [5, 5.41) is 3.07. The smallest absolute Gasteiger partial charge is 0.338 e. The molecule has 0 spiro atoms. The van der Waals surface area contributed by atoms with Crippen molar-refractivity contribution in [3.63, 3.8) is 0 Å². The number of hydrogen-bond donors (Lipinski definition) is 2. The number of nitrogens with two attached hydrogens (primary N) is 1. The minimum atomic E-state index is -0.664. The third kappa shape index (κ3) is 3.34. The molecule has 0 aromatic heterocycles. The second-order valence-electron chi connectivity index (χ2n) is 5.75. The van der Waals surface area contributed by atoms with Gasteiger partial charge in [0.1, 0.15) is 0 Å². The predicted octanol–water partition coefficient (Wildman–Crippen LogP) is 3.02. The van der Waals surface area contributed by atoms with Crippen LogP contribution in [0.1, 0.15) is 39.1 Å². The number of ketones is 1. The number of Topliss-reactive ketones (excluding diaryl/α,β-unsaturated/α-hetero) is 1. The molecule has 0 fully saturated rings. The number of hydrogen-bond acceptors (Lipinski definition) is 5. The molecule has 1 aliphatic heterocycles. The molecule has 0 saturated heterocycles. The van der Waals surface area contributed by atoms with Crippen molar-refractivity contribution in [1.29, 1.82) is 0 Å². The van der Waals surface area contributed by atoms with Gasteiger partial charge in [0.2, 0.25) is 5.91 Å². The molecule has 7 heteroatoms. The summed E-state index contributed by atoms with van der Waals surface area (Å²) in [7, 11) is 0. The van der Waals surface area contributed by atoms with E-state index in [4.69, 9.17) is 22.1 Å². The van der Waals surface area contributed by atoms with E-state index >= 15 is 0 Å². The first-order chi connectivity index (χ1) is 11.9. The maximum atomic E-state index is 12.3. The molecule has 1 amide bonds. The van der Waals surface area contributed by atoms with Gasteiger partial charge in [0.25, 0.3) is 0 Å². The molecule has 0 radical (unpaired) electrons. The summed E-state index contributed by atoms with van der Waals surface area (Å²) in [5.41, 5.74) is 7.95. The minimum Gasteiger partial charge on any atom is -0.454 e. The average molecular weight is 359 g/mol. The van der Waals surface area contributed by atoms with E-state index in [2.05, 4.69) is 5.32 Å². The zero-order valence-electron chi connectivity index (χ0n) is 13.3. The standard InChI is InChI=1S/C18H15ClN2O4/c1-9-12-6-10(3-5-15(12)21-17(9)23)16(22)8-25-18(24)11-2-4-13(19)14(20)7-11/h2-7,9H,8,20H2,1H3,(H,21,23)/t9-/m1/s1. The van der Waals surface area contributed by atoms with Gasteiger partial charge >= 0.3 is 5.97 Å². The van der Waals surface area contributed by atoms with E-state index in [1.807, 2.05) is 0 Å². The second-order valence-corrected chi connectivity index (χ2v) is 6.16. The van der Waals surface area contributed by atoms with Crippen molar-refractivity contribution in [2.45, 2.75) is 12.8 Å². The second kappa shape index (κ2) is 6.57. The van der Waals surface area contributed by atoms with Crippen LogP contribution in [-0.4, -0.2) is 24.3 Å². The number of nitrogen functional groups attached to an aromatic ring is 1. The summed E-state index contributed by atoms with van der Waals surface area (Å²) >= 11 is 5.80. The van der Waals surface area contributed by atoms with Crippen LogP contribution in [0.4, 0.5) is 11.4 Å². The Hall–Kier alpha value is -2.86. The lowest BCUT2D eigenvalue weighted by atomic mass is 9.99. The molecule has 3 rings (SSSR count). The molecule has 0 unspecified atom stereocenters. The highest BCUT2D eigenvalue weighted by atomic mass is 35.5. The molecular weight excluding hydrogens is 344 g/mol. The maximum Gasteiger partial charge on any atom is 0.338 e. The molecule has 128 valence electrons. The highest BCUT2D eigenvalue weighted by molar-refractivity contribution is 6.33. The number of ether oxygens (including phenoxy) is 1. The average Bonchev–Trinajstić information content (AvgIpc) is 2.88. The van der Waals surface area contributed by atoms with Gasteiger partial charge in [0.05, 0.1) is 22.2 Å². The fourth-order valence-corrected chi connectivity index (χ4v) is 2.68. The summed E-state index contributed by atoms with van der Waals surface area (Å²) in [6.45, 7) is 1.36. The van der Waals surface area contributed by atoms with Gasteiger partial charge in [-0.25, -0.2) is 4.79 Å². The molecule has 1 heterocycles. The SMILES string of the molecule is C[C@H]1C(=O)Nc2ccc(C(=O)COC(=O)c3ccc(Cl)c(N)c3)cc21. The topological polar surface area (TPSA) is 98.5 Å². The highest BCUT2D eigenvalue weighted by Crippen LogP contribution is 2.32.